The Balaban J connectivity index is 2.69. The predicted octanol–water partition coefficient (Wildman–Crippen LogP) is 1.92. The minimum atomic E-state index is -4.46. The summed E-state index contributed by atoms with van der Waals surface area (Å²) in [6, 6.07) is 4.20. The van der Waals surface area contributed by atoms with Gasteiger partial charge in [0.2, 0.25) is 17.7 Å². The molecule has 3 amide bonds. The third kappa shape index (κ3) is 7.54. The van der Waals surface area contributed by atoms with Crippen LogP contribution < -0.4 is 16.0 Å². The molecule has 0 aliphatic carbocycles. The van der Waals surface area contributed by atoms with E-state index >= 15 is 0 Å². The lowest BCUT2D eigenvalue weighted by Crippen LogP contribution is -2.42. The van der Waals surface area contributed by atoms with E-state index in [2.05, 4.69) is 16.0 Å². The van der Waals surface area contributed by atoms with Crippen LogP contribution in [0.5, 0.6) is 0 Å². The number of amides is 3. The van der Waals surface area contributed by atoms with Gasteiger partial charge in [-0.05, 0) is 24.1 Å². The van der Waals surface area contributed by atoms with Crippen molar-refractivity contribution >= 4 is 17.7 Å². The molecule has 0 aliphatic rings. The predicted molar refractivity (Wildman–Crippen MR) is 88.9 cm³/mol. The Morgan fingerprint density at radius 3 is 2.31 bits per heavy atom. The maximum Gasteiger partial charge on any atom is 0.416 e. The molecule has 9 heteroatoms. The molecule has 1 aromatic carbocycles. The summed E-state index contributed by atoms with van der Waals surface area (Å²) < 4.78 is 38.6. The van der Waals surface area contributed by atoms with Gasteiger partial charge in [0.25, 0.3) is 0 Å². The van der Waals surface area contributed by atoms with Crippen molar-refractivity contribution < 1.29 is 27.6 Å². The van der Waals surface area contributed by atoms with Crippen LogP contribution in [0.2, 0.25) is 0 Å². The molecule has 0 bridgehead atoms. The van der Waals surface area contributed by atoms with Crippen LogP contribution in [-0.2, 0) is 20.6 Å². The zero-order valence-corrected chi connectivity index (χ0v) is 14.6. The Morgan fingerprint density at radius 2 is 1.73 bits per heavy atom. The highest BCUT2D eigenvalue weighted by molar-refractivity contribution is 5.87. The first kappa shape index (κ1) is 21.5. The zero-order chi connectivity index (χ0) is 19.7. The first-order valence-corrected chi connectivity index (χ1v) is 8.11. The highest BCUT2D eigenvalue weighted by atomic mass is 19.4. The van der Waals surface area contributed by atoms with Crippen molar-refractivity contribution in [3.8, 4) is 0 Å². The minimum Gasteiger partial charge on any atom is -0.348 e. The highest BCUT2D eigenvalue weighted by Crippen LogP contribution is 2.31. The molecule has 0 fully saturated rings. The first-order valence-electron chi connectivity index (χ1n) is 8.11. The fourth-order valence-electron chi connectivity index (χ4n) is 2.23. The minimum absolute atomic E-state index is 0.255. The Kier molecular flexibility index (Phi) is 8.08. The van der Waals surface area contributed by atoms with Crippen molar-refractivity contribution in [1.82, 2.24) is 16.0 Å². The summed E-state index contributed by atoms with van der Waals surface area (Å²) in [6.45, 7) is 2.51. The van der Waals surface area contributed by atoms with Crippen LogP contribution in [0.3, 0.4) is 0 Å². The number of hydrogen-bond donors (Lipinski definition) is 3. The third-order valence-electron chi connectivity index (χ3n) is 3.47. The number of carbonyl (C=O) groups is 3. The Bertz CT molecular complexity index is 648. The second kappa shape index (κ2) is 9.79. The number of halogens is 3. The van der Waals surface area contributed by atoms with Crippen LogP contribution in [-0.4, -0.2) is 30.8 Å². The largest absolute Gasteiger partial charge is 0.416 e. The van der Waals surface area contributed by atoms with Gasteiger partial charge in [-0.2, -0.15) is 13.2 Å². The summed E-state index contributed by atoms with van der Waals surface area (Å²) in [6.07, 6.45) is -3.36. The van der Waals surface area contributed by atoms with Gasteiger partial charge in [0.15, 0.2) is 0 Å². The van der Waals surface area contributed by atoms with Crippen LogP contribution in [0.15, 0.2) is 24.3 Å². The van der Waals surface area contributed by atoms with Crippen molar-refractivity contribution in [3.05, 3.63) is 35.4 Å². The summed E-state index contributed by atoms with van der Waals surface area (Å²) in [4.78, 5) is 34.2. The molecule has 0 heterocycles. The van der Waals surface area contributed by atoms with Crippen molar-refractivity contribution in [2.45, 2.75) is 38.9 Å². The molecular weight excluding hydrogens is 351 g/mol. The lowest BCUT2D eigenvalue weighted by molar-refractivity contribution is -0.137. The molecule has 0 saturated carbocycles. The van der Waals surface area contributed by atoms with Gasteiger partial charge in [-0.15, -0.1) is 0 Å². The average Bonchev–Trinajstić information content (AvgIpc) is 2.57. The second-order valence-electron chi connectivity index (χ2n) is 5.72. The van der Waals surface area contributed by atoms with Gasteiger partial charge in [0.05, 0.1) is 24.7 Å². The van der Waals surface area contributed by atoms with E-state index in [1.165, 1.54) is 19.1 Å². The van der Waals surface area contributed by atoms with E-state index in [0.29, 0.717) is 18.4 Å². The molecule has 0 aromatic heterocycles. The number of rotatable bonds is 8. The average molecular weight is 373 g/mol. The van der Waals surface area contributed by atoms with Crippen molar-refractivity contribution in [2.75, 3.05) is 13.1 Å². The van der Waals surface area contributed by atoms with E-state index in [-0.39, 0.29) is 19.0 Å². The second-order valence-corrected chi connectivity index (χ2v) is 5.72. The van der Waals surface area contributed by atoms with Crippen molar-refractivity contribution in [2.24, 2.45) is 0 Å². The standard InChI is InChI=1S/C17H22F3N3O3/c1-3-5-14(12-6-4-7-13(8-12)17(18,19)20)23-16(26)10-22-15(25)9-21-11(2)24/h4,6-8,14H,3,5,9-10H2,1-2H3,(H,21,24)(H,22,25)(H,23,26). The van der Waals surface area contributed by atoms with E-state index in [1.807, 2.05) is 6.92 Å². The Morgan fingerprint density at radius 1 is 1.08 bits per heavy atom. The van der Waals surface area contributed by atoms with Gasteiger partial charge in [0.1, 0.15) is 0 Å². The van der Waals surface area contributed by atoms with Crippen LogP contribution >= 0.6 is 0 Å². The van der Waals surface area contributed by atoms with Crippen LogP contribution in [0, 0.1) is 0 Å². The number of carbonyl (C=O) groups excluding carboxylic acids is 3. The van der Waals surface area contributed by atoms with Gasteiger partial charge >= 0.3 is 6.18 Å². The van der Waals surface area contributed by atoms with Gasteiger partial charge in [0, 0.05) is 6.92 Å². The van der Waals surface area contributed by atoms with E-state index in [1.54, 1.807) is 0 Å². The van der Waals surface area contributed by atoms with Crippen molar-refractivity contribution in [3.63, 3.8) is 0 Å². The number of nitrogens with one attached hydrogen (secondary N) is 3. The smallest absolute Gasteiger partial charge is 0.348 e. The lowest BCUT2D eigenvalue weighted by atomic mass is 10.00. The van der Waals surface area contributed by atoms with Gasteiger partial charge in [-0.1, -0.05) is 25.5 Å². The van der Waals surface area contributed by atoms with Crippen molar-refractivity contribution in [1.29, 1.82) is 0 Å². The Hall–Kier alpha value is -2.58. The van der Waals surface area contributed by atoms with E-state index in [9.17, 15) is 27.6 Å². The maximum absolute atomic E-state index is 12.9. The highest BCUT2D eigenvalue weighted by Gasteiger charge is 2.31. The molecule has 0 spiro atoms. The van der Waals surface area contributed by atoms with Crippen LogP contribution in [0.25, 0.3) is 0 Å². The first-order chi connectivity index (χ1) is 12.1. The molecule has 0 aliphatic heterocycles. The summed E-state index contributed by atoms with van der Waals surface area (Å²) in [5.41, 5.74) is -0.437. The van der Waals surface area contributed by atoms with Gasteiger partial charge in [-0.3, -0.25) is 14.4 Å². The lowest BCUT2D eigenvalue weighted by Gasteiger charge is -2.20. The SMILES string of the molecule is CCCC(NC(=O)CNC(=O)CNC(C)=O)c1cccc(C(F)(F)F)c1. The van der Waals surface area contributed by atoms with E-state index in [0.717, 1.165) is 12.1 Å². The number of hydrogen-bond acceptors (Lipinski definition) is 3. The van der Waals surface area contributed by atoms with Gasteiger partial charge in [-0.25, -0.2) is 0 Å². The number of benzene rings is 1. The molecule has 0 radical (unpaired) electrons. The zero-order valence-electron chi connectivity index (χ0n) is 14.6. The summed E-state index contributed by atoms with van der Waals surface area (Å²) >= 11 is 0. The van der Waals surface area contributed by atoms with Crippen LogP contribution in [0.4, 0.5) is 13.2 Å². The molecule has 1 rings (SSSR count). The molecule has 3 N–H and O–H groups in total. The summed E-state index contributed by atoms with van der Waals surface area (Å²) in [5.74, 6) is -1.45. The van der Waals surface area contributed by atoms with Gasteiger partial charge < -0.3 is 16.0 Å². The molecular formula is C17H22F3N3O3. The van der Waals surface area contributed by atoms with Crippen LogP contribution in [0.1, 0.15) is 43.9 Å². The summed E-state index contributed by atoms with van der Waals surface area (Å²) in [5, 5.41) is 7.24. The number of alkyl halides is 3. The molecule has 6 nitrogen and oxygen atoms in total. The summed E-state index contributed by atoms with van der Waals surface area (Å²) in [7, 11) is 0. The molecule has 1 unspecified atom stereocenters. The molecule has 26 heavy (non-hydrogen) atoms. The third-order valence-corrected chi connectivity index (χ3v) is 3.47. The maximum atomic E-state index is 12.9. The quantitative estimate of drug-likeness (QED) is 0.651. The topological polar surface area (TPSA) is 87.3 Å². The Labute approximate surface area is 149 Å². The fraction of sp³-hybridized carbons (Fsp3) is 0.471. The molecule has 144 valence electrons. The molecule has 1 aromatic rings. The van der Waals surface area contributed by atoms with E-state index in [4.69, 9.17) is 0 Å². The van der Waals surface area contributed by atoms with E-state index < -0.39 is 29.6 Å². The molecule has 0 saturated heterocycles. The molecule has 1 atom stereocenters. The monoisotopic (exact) mass is 373 g/mol. The normalized spacial score (nSPS) is 12.2. The fourth-order valence-corrected chi connectivity index (χ4v) is 2.23.